The molecule has 3 nitrogen and oxygen atoms in total. The Morgan fingerprint density at radius 2 is 2.19 bits per heavy atom. The molecule has 0 fully saturated rings. The number of aliphatic hydroxyl groups excluding tert-OH is 1. The highest BCUT2D eigenvalue weighted by atomic mass is 35.5. The van der Waals surface area contributed by atoms with E-state index in [-0.39, 0.29) is 6.10 Å². The fourth-order valence-corrected chi connectivity index (χ4v) is 2.86. The lowest BCUT2D eigenvalue weighted by molar-refractivity contribution is 0.180. The summed E-state index contributed by atoms with van der Waals surface area (Å²) in [6, 6.07) is 13.0. The molecular weight excluding hydrogens is 286 g/mol. The van der Waals surface area contributed by atoms with Crippen molar-refractivity contribution in [3.05, 3.63) is 63.7 Å². The van der Waals surface area contributed by atoms with Crippen molar-refractivity contribution in [1.29, 1.82) is 5.26 Å². The van der Waals surface area contributed by atoms with Crippen LogP contribution in [0.4, 0.5) is 0 Å². The quantitative estimate of drug-likeness (QED) is 0.938. The largest absolute Gasteiger partial charge is 0.489 e. The second-order valence-electron chi connectivity index (χ2n) is 5.09. The molecule has 2 aromatic carbocycles. The van der Waals surface area contributed by atoms with Gasteiger partial charge < -0.3 is 9.84 Å². The molecule has 1 aliphatic carbocycles. The maximum Gasteiger partial charge on any atom is 0.123 e. The highest BCUT2D eigenvalue weighted by Crippen LogP contribution is 2.37. The topological polar surface area (TPSA) is 53.2 Å². The number of hydrogen-bond donors (Lipinski definition) is 1. The SMILES string of the molecule is N#Cc1ccc(COc2cccc3c2CCC3O)c(Cl)c1. The molecule has 0 aliphatic heterocycles. The molecule has 0 spiro atoms. The lowest BCUT2D eigenvalue weighted by atomic mass is 10.1. The predicted octanol–water partition coefficient (Wildman–Crippen LogP) is 3.77. The highest BCUT2D eigenvalue weighted by Gasteiger charge is 2.23. The monoisotopic (exact) mass is 299 g/mol. The van der Waals surface area contributed by atoms with Crippen molar-refractivity contribution in [2.45, 2.75) is 25.6 Å². The third kappa shape index (κ3) is 2.73. The number of nitrogens with zero attached hydrogens (tertiary/aromatic N) is 1. The number of benzene rings is 2. The smallest absolute Gasteiger partial charge is 0.123 e. The van der Waals surface area contributed by atoms with E-state index in [1.807, 2.05) is 18.2 Å². The van der Waals surface area contributed by atoms with Crippen LogP contribution in [0.5, 0.6) is 5.75 Å². The van der Waals surface area contributed by atoms with Gasteiger partial charge in [-0.05, 0) is 36.6 Å². The first kappa shape index (κ1) is 13.9. The standard InChI is InChI=1S/C17H14ClNO2/c18-15-8-11(9-19)4-5-12(15)10-21-17-3-1-2-13-14(17)6-7-16(13)20/h1-5,8,16,20H,6-7,10H2. The fraction of sp³-hybridized carbons (Fsp3) is 0.235. The molecule has 0 saturated carbocycles. The molecule has 0 saturated heterocycles. The van der Waals surface area contributed by atoms with Gasteiger partial charge in [0.25, 0.3) is 0 Å². The molecule has 0 radical (unpaired) electrons. The van der Waals surface area contributed by atoms with E-state index in [9.17, 15) is 5.11 Å². The first-order valence-corrected chi connectivity index (χ1v) is 7.18. The van der Waals surface area contributed by atoms with E-state index in [4.69, 9.17) is 21.6 Å². The Balaban J connectivity index is 1.79. The first-order chi connectivity index (χ1) is 10.2. The van der Waals surface area contributed by atoms with Gasteiger partial charge in [-0.25, -0.2) is 0 Å². The first-order valence-electron chi connectivity index (χ1n) is 6.80. The Hall–Kier alpha value is -2.02. The molecule has 1 N–H and O–H groups in total. The normalized spacial score (nSPS) is 16.3. The number of halogens is 1. The van der Waals surface area contributed by atoms with Gasteiger partial charge in [0.15, 0.2) is 0 Å². The zero-order valence-corrected chi connectivity index (χ0v) is 12.1. The van der Waals surface area contributed by atoms with Crippen LogP contribution < -0.4 is 4.74 Å². The summed E-state index contributed by atoms with van der Waals surface area (Å²) in [7, 11) is 0. The van der Waals surface area contributed by atoms with Crippen molar-refractivity contribution in [2.75, 3.05) is 0 Å². The van der Waals surface area contributed by atoms with Crippen molar-refractivity contribution in [2.24, 2.45) is 0 Å². The summed E-state index contributed by atoms with van der Waals surface area (Å²) < 4.78 is 5.86. The Morgan fingerprint density at radius 1 is 1.33 bits per heavy atom. The molecule has 106 valence electrons. The van der Waals surface area contributed by atoms with Crippen molar-refractivity contribution in [1.82, 2.24) is 0 Å². The van der Waals surface area contributed by atoms with Gasteiger partial charge in [0.1, 0.15) is 12.4 Å². The molecule has 0 heterocycles. The van der Waals surface area contributed by atoms with Crippen molar-refractivity contribution < 1.29 is 9.84 Å². The zero-order chi connectivity index (χ0) is 14.8. The van der Waals surface area contributed by atoms with Crippen molar-refractivity contribution in [3.63, 3.8) is 0 Å². The Kier molecular flexibility index (Phi) is 3.83. The van der Waals surface area contributed by atoms with Gasteiger partial charge in [0.05, 0.1) is 17.7 Å². The van der Waals surface area contributed by atoms with E-state index >= 15 is 0 Å². The molecule has 1 atom stereocenters. The molecule has 1 unspecified atom stereocenters. The minimum Gasteiger partial charge on any atom is -0.489 e. The number of fused-ring (bicyclic) bond motifs is 1. The number of hydrogen-bond acceptors (Lipinski definition) is 3. The second kappa shape index (κ2) is 5.77. The van der Waals surface area contributed by atoms with Gasteiger partial charge in [0, 0.05) is 16.1 Å². The average Bonchev–Trinajstić information content (AvgIpc) is 2.88. The third-order valence-electron chi connectivity index (χ3n) is 3.76. The van der Waals surface area contributed by atoms with Gasteiger partial charge in [-0.15, -0.1) is 0 Å². The predicted molar refractivity (Wildman–Crippen MR) is 80.2 cm³/mol. The number of aliphatic hydroxyl groups is 1. The highest BCUT2D eigenvalue weighted by molar-refractivity contribution is 6.31. The minimum atomic E-state index is -0.387. The summed E-state index contributed by atoms with van der Waals surface area (Å²) in [6.45, 7) is 0.344. The van der Waals surface area contributed by atoms with E-state index in [1.54, 1.807) is 18.2 Å². The van der Waals surface area contributed by atoms with Gasteiger partial charge in [0.2, 0.25) is 0 Å². The molecule has 3 rings (SSSR count). The van der Waals surface area contributed by atoms with Crippen LogP contribution in [-0.2, 0) is 13.0 Å². The van der Waals surface area contributed by atoms with Crippen LogP contribution in [0.2, 0.25) is 5.02 Å². The summed E-state index contributed by atoms with van der Waals surface area (Å²) >= 11 is 6.14. The minimum absolute atomic E-state index is 0.344. The van der Waals surface area contributed by atoms with Gasteiger partial charge >= 0.3 is 0 Å². The number of rotatable bonds is 3. The summed E-state index contributed by atoms with van der Waals surface area (Å²) in [6.07, 6.45) is 1.18. The van der Waals surface area contributed by atoms with Crippen LogP contribution in [0, 0.1) is 11.3 Å². The van der Waals surface area contributed by atoms with E-state index in [0.29, 0.717) is 17.2 Å². The summed E-state index contributed by atoms with van der Waals surface area (Å²) in [5.41, 5.74) is 3.41. The molecule has 0 aromatic heterocycles. The second-order valence-corrected chi connectivity index (χ2v) is 5.49. The molecule has 0 bridgehead atoms. The molecule has 21 heavy (non-hydrogen) atoms. The molecular formula is C17H14ClNO2. The van der Waals surface area contributed by atoms with Crippen molar-refractivity contribution in [3.8, 4) is 11.8 Å². The van der Waals surface area contributed by atoms with E-state index in [1.165, 1.54) is 0 Å². The summed E-state index contributed by atoms with van der Waals surface area (Å²) in [5, 5.41) is 19.2. The maximum atomic E-state index is 9.89. The van der Waals surface area contributed by atoms with Crippen LogP contribution in [0.3, 0.4) is 0 Å². The van der Waals surface area contributed by atoms with Crippen LogP contribution >= 0.6 is 11.6 Å². The summed E-state index contributed by atoms with van der Waals surface area (Å²) in [5.74, 6) is 0.796. The third-order valence-corrected chi connectivity index (χ3v) is 4.11. The van der Waals surface area contributed by atoms with Gasteiger partial charge in [-0.3, -0.25) is 0 Å². The zero-order valence-electron chi connectivity index (χ0n) is 11.3. The maximum absolute atomic E-state index is 9.89. The van der Waals surface area contributed by atoms with Gasteiger partial charge in [-0.2, -0.15) is 5.26 Å². The van der Waals surface area contributed by atoms with Crippen LogP contribution in [0.25, 0.3) is 0 Å². The fourth-order valence-electron chi connectivity index (χ4n) is 2.62. The Morgan fingerprint density at radius 3 is 2.95 bits per heavy atom. The van der Waals surface area contributed by atoms with Gasteiger partial charge in [-0.1, -0.05) is 29.8 Å². The number of ether oxygens (including phenoxy) is 1. The molecule has 1 aliphatic rings. The van der Waals surface area contributed by atoms with Crippen LogP contribution in [0.15, 0.2) is 36.4 Å². The Bertz CT molecular complexity index is 721. The van der Waals surface area contributed by atoms with Crippen LogP contribution in [-0.4, -0.2) is 5.11 Å². The molecule has 4 heteroatoms. The van der Waals surface area contributed by atoms with E-state index in [2.05, 4.69) is 6.07 Å². The lowest BCUT2D eigenvalue weighted by Crippen LogP contribution is -2.00. The van der Waals surface area contributed by atoms with Crippen molar-refractivity contribution >= 4 is 11.6 Å². The summed E-state index contributed by atoms with van der Waals surface area (Å²) in [4.78, 5) is 0. The average molecular weight is 300 g/mol. The molecule has 0 amide bonds. The van der Waals surface area contributed by atoms with E-state index < -0.39 is 0 Å². The number of nitriles is 1. The van der Waals surface area contributed by atoms with E-state index in [0.717, 1.165) is 35.3 Å². The Labute approximate surface area is 128 Å². The lowest BCUT2D eigenvalue weighted by Gasteiger charge is -2.12. The van der Waals surface area contributed by atoms with Crippen LogP contribution in [0.1, 0.15) is 34.8 Å². The molecule has 2 aromatic rings.